The van der Waals surface area contributed by atoms with Gasteiger partial charge in [-0.05, 0) is 42.9 Å². The maximum absolute atomic E-state index is 9.16. The Labute approximate surface area is 110 Å². The summed E-state index contributed by atoms with van der Waals surface area (Å²) in [6.45, 7) is 5.50. The lowest BCUT2D eigenvalue weighted by atomic mass is 9.79. The van der Waals surface area contributed by atoms with Gasteiger partial charge in [0.25, 0.3) is 0 Å². The molecule has 98 valence electrons. The van der Waals surface area contributed by atoms with Gasteiger partial charge in [0.15, 0.2) is 0 Å². The van der Waals surface area contributed by atoms with Crippen LogP contribution in [0.1, 0.15) is 31.7 Å². The molecule has 0 spiro atoms. The number of likely N-dealkylation sites (tertiary alicyclic amines) is 1. The van der Waals surface area contributed by atoms with Crippen LogP contribution in [0, 0.1) is 5.92 Å². The third-order valence-corrected chi connectivity index (χ3v) is 3.94. The van der Waals surface area contributed by atoms with Crippen molar-refractivity contribution < 1.29 is 10.0 Å². The van der Waals surface area contributed by atoms with Crippen molar-refractivity contribution in [1.82, 2.24) is 4.90 Å². The zero-order valence-electron chi connectivity index (χ0n) is 11.0. The van der Waals surface area contributed by atoms with Crippen molar-refractivity contribution in [2.45, 2.75) is 32.7 Å². The zero-order valence-corrected chi connectivity index (χ0v) is 11.0. The molecule has 1 aliphatic rings. The number of hydrogen-bond acceptors (Lipinski definition) is 3. The van der Waals surface area contributed by atoms with E-state index in [0.29, 0.717) is 5.46 Å². The smallest absolute Gasteiger partial charge is 0.423 e. The van der Waals surface area contributed by atoms with Crippen molar-refractivity contribution in [3.63, 3.8) is 0 Å². The van der Waals surface area contributed by atoms with E-state index in [4.69, 9.17) is 10.0 Å². The molecule has 1 aliphatic heterocycles. The fourth-order valence-corrected chi connectivity index (χ4v) is 2.66. The summed E-state index contributed by atoms with van der Waals surface area (Å²) < 4.78 is 0. The van der Waals surface area contributed by atoms with Crippen LogP contribution in [0.4, 0.5) is 0 Å². The number of piperidine rings is 1. The fourth-order valence-electron chi connectivity index (χ4n) is 2.66. The van der Waals surface area contributed by atoms with Gasteiger partial charge in [0.1, 0.15) is 0 Å². The van der Waals surface area contributed by atoms with Crippen LogP contribution in [-0.4, -0.2) is 35.2 Å². The average molecular weight is 247 g/mol. The Hall–Kier alpha value is -0.835. The van der Waals surface area contributed by atoms with Crippen LogP contribution in [-0.2, 0) is 6.54 Å². The largest absolute Gasteiger partial charge is 0.488 e. The molecule has 18 heavy (non-hydrogen) atoms. The van der Waals surface area contributed by atoms with E-state index >= 15 is 0 Å². The van der Waals surface area contributed by atoms with Gasteiger partial charge in [-0.2, -0.15) is 0 Å². The summed E-state index contributed by atoms with van der Waals surface area (Å²) in [7, 11) is -1.37. The molecule has 1 heterocycles. The molecule has 0 bridgehead atoms. The Kier molecular flexibility index (Phi) is 4.81. The maximum Gasteiger partial charge on any atom is 0.488 e. The highest BCUT2D eigenvalue weighted by molar-refractivity contribution is 6.58. The standard InChI is InChI=1S/C14H22BNO2/c1-2-12-6-8-16(9-7-12)11-13-4-3-5-14(10-13)15(17)18/h3-5,10,12,17-18H,2,6-9,11H2,1H3. The first-order valence-electron chi connectivity index (χ1n) is 6.86. The summed E-state index contributed by atoms with van der Waals surface area (Å²) in [6.07, 6.45) is 3.87. The first kappa shape index (κ1) is 13.6. The van der Waals surface area contributed by atoms with Crippen molar-refractivity contribution in [3.05, 3.63) is 29.8 Å². The molecule has 0 atom stereocenters. The quantitative estimate of drug-likeness (QED) is 0.780. The summed E-state index contributed by atoms with van der Waals surface area (Å²) >= 11 is 0. The minimum Gasteiger partial charge on any atom is -0.423 e. The summed E-state index contributed by atoms with van der Waals surface area (Å²) in [4.78, 5) is 2.45. The molecule has 1 aromatic carbocycles. The number of rotatable bonds is 4. The minimum atomic E-state index is -1.37. The van der Waals surface area contributed by atoms with E-state index in [9.17, 15) is 0 Å². The van der Waals surface area contributed by atoms with Crippen LogP contribution in [0.5, 0.6) is 0 Å². The van der Waals surface area contributed by atoms with Crippen LogP contribution in [0.25, 0.3) is 0 Å². The van der Waals surface area contributed by atoms with E-state index in [1.54, 1.807) is 6.07 Å². The van der Waals surface area contributed by atoms with E-state index in [2.05, 4.69) is 17.9 Å². The van der Waals surface area contributed by atoms with Crippen molar-refractivity contribution >= 4 is 12.6 Å². The van der Waals surface area contributed by atoms with Gasteiger partial charge in [0.2, 0.25) is 0 Å². The van der Waals surface area contributed by atoms with Gasteiger partial charge in [-0.3, -0.25) is 4.90 Å². The van der Waals surface area contributed by atoms with E-state index in [1.165, 1.54) is 19.3 Å². The predicted molar refractivity (Wildman–Crippen MR) is 74.6 cm³/mol. The van der Waals surface area contributed by atoms with Crippen molar-refractivity contribution in [1.29, 1.82) is 0 Å². The van der Waals surface area contributed by atoms with Gasteiger partial charge in [-0.15, -0.1) is 0 Å². The third kappa shape index (κ3) is 3.58. The van der Waals surface area contributed by atoms with E-state index < -0.39 is 7.12 Å². The molecule has 1 aromatic rings. The average Bonchev–Trinajstić information content (AvgIpc) is 2.40. The topological polar surface area (TPSA) is 43.7 Å². The minimum absolute atomic E-state index is 0.580. The Bertz CT molecular complexity index is 376. The highest BCUT2D eigenvalue weighted by Crippen LogP contribution is 2.21. The second-order valence-electron chi connectivity index (χ2n) is 5.25. The molecule has 4 heteroatoms. The molecular formula is C14H22BNO2. The normalized spacial score (nSPS) is 17.9. The van der Waals surface area contributed by atoms with E-state index in [1.807, 2.05) is 12.1 Å². The molecule has 1 saturated heterocycles. The lowest BCUT2D eigenvalue weighted by Gasteiger charge is -2.31. The number of benzene rings is 1. The second-order valence-corrected chi connectivity index (χ2v) is 5.25. The zero-order chi connectivity index (χ0) is 13.0. The summed E-state index contributed by atoms with van der Waals surface area (Å²) in [5.74, 6) is 0.895. The second kappa shape index (κ2) is 6.37. The van der Waals surface area contributed by atoms with Gasteiger partial charge in [0.05, 0.1) is 0 Å². The maximum atomic E-state index is 9.16. The SMILES string of the molecule is CCC1CCN(Cc2cccc(B(O)O)c2)CC1. The monoisotopic (exact) mass is 247 g/mol. The predicted octanol–water partition coefficient (Wildman–Crippen LogP) is 0.988. The Morgan fingerprint density at radius 2 is 2.00 bits per heavy atom. The molecular weight excluding hydrogens is 225 g/mol. The summed E-state index contributed by atoms with van der Waals surface area (Å²) in [6, 6.07) is 7.58. The van der Waals surface area contributed by atoms with Crippen molar-refractivity contribution in [2.24, 2.45) is 5.92 Å². The Balaban J connectivity index is 1.92. The van der Waals surface area contributed by atoms with Crippen LogP contribution in [0.3, 0.4) is 0 Å². The number of nitrogens with zero attached hydrogens (tertiary/aromatic N) is 1. The molecule has 0 saturated carbocycles. The first-order chi connectivity index (χ1) is 8.69. The lowest BCUT2D eigenvalue weighted by molar-refractivity contribution is 0.175. The van der Waals surface area contributed by atoms with Crippen molar-refractivity contribution in [2.75, 3.05) is 13.1 Å². The van der Waals surface area contributed by atoms with Crippen LogP contribution >= 0.6 is 0 Å². The third-order valence-electron chi connectivity index (χ3n) is 3.94. The van der Waals surface area contributed by atoms with Gasteiger partial charge >= 0.3 is 7.12 Å². The first-order valence-corrected chi connectivity index (χ1v) is 6.86. The summed E-state index contributed by atoms with van der Waals surface area (Å²) in [5, 5.41) is 18.3. The molecule has 0 radical (unpaired) electrons. The van der Waals surface area contributed by atoms with Gasteiger partial charge in [-0.25, -0.2) is 0 Å². The molecule has 0 aromatic heterocycles. The van der Waals surface area contributed by atoms with Crippen molar-refractivity contribution in [3.8, 4) is 0 Å². The Morgan fingerprint density at radius 1 is 1.28 bits per heavy atom. The fraction of sp³-hybridized carbons (Fsp3) is 0.571. The molecule has 3 nitrogen and oxygen atoms in total. The Morgan fingerprint density at radius 3 is 2.61 bits per heavy atom. The van der Waals surface area contributed by atoms with Gasteiger partial charge < -0.3 is 10.0 Å². The number of hydrogen-bond donors (Lipinski definition) is 2. The highest BCUT2D eigenvalue weighted by Gasteiger charge is 2.18. The van der Waals surface area contributed by atoms with E-state index in [-0.39, 0.29) is 0 Å². The molecule has 0 aliphatic carbocycles. The molecule has 2 N–H and O–H groups in total. The molecule has 0 amide bonds. The van der Waals surface area contributed by atoms with E-state index in [0.717, 1.165) is 31.1 Å². The molecule has 2 rings (SSSR count). The van der Waals surface area contributed by atoms with Crippen LogP contribution in [0.15, 0.2) is 24.3 Å². The highest BCUT2D eigenvalue weighted by atomic mass is 16.4. The van der Waals surface area contributed by atoms with Crippen LogP contribution < -0.4 is 5.46 Å². The molecule has 1 fully saturated rings. The summed E-state index contributed by atoms with van der Waals surface area (Å²) in [5.41, 5.74) is 1.74. The lowest BCUT2D eigenvalue weighted by Crippen LogP contribution is -2.34. The van der Waals surface area contributed by atoms with Gasteiger partial charge in [-0.1, -0.05) is 37.6 Å². The van der Waals surface area contributed by atoms with Gasteiger partial charge in [0, 0.05) is 6.54 Å². The molecule has 0 unspecified atom stereocenters. The van der Waals surface area contributed by atoms with Crippen LogP contribution in [0.2, 0.25) is 0 Å².